The lowest BCUT2D eigenvalue weighted by molar-refractivity contribution is 0.236. The molecule has 1 aromatic carbocycles. The van der Waals surface area contributed by atoms with Crippen molar-refractivity contribution >= 4 is 5.65 Å². The second-order valence-corrected chi connectivity index (χ2v) is 7.20. The Morgan fingerprint density at radius 3 is 2.93 bits per heavy atom. The summed E-state index contributed by atoms with van der Waals surface area (Å²) in [7, 11) is 0. The number of aromatic amines is 1. The van der Waals surface area contributed by atoms with Gasteiger partial charge < -0.3 is 4.52 Å². The van der Waals surface area contributed by atoms with Gasteiger partial charge in [0.05, 0.1) is 11.4 Å². The maximum absolute atomic E-state index is 14.0. The summed E-state index contributed by atoms with van der Waals surface area (Å²) < 4.78 is 34.0. The number of hydrogen-bond donors (Lipinski definition) is 1. The van der Waals surface area contributed by atoms with Crippen LogP contribution in [0.1, 0.15) is 22.6 Å². The van der Waals surface area contributed by atoms with Crippen LogP contribution in [-0.4, -0.2) is 31.2 Å². The van der Waals surface area contributed by atoms with Crippen LogP contribution in [0.5, 0.6) is 0 Å². The van der Waals surface area contributed by atoms with Gasteiger partial charge in [-0.05, 0) is 19.4 Å². The Kier molecular flexibility index (Phi) is 4.06. The zero-order valence-corrected chi connectivity index (χ0v) is 15.6. The van der Waals surface area contributed by atoms with Crippen molar-refractivity contribution in [1.82, 2.24) is 24.7 Å². The lowest BCUT2D eigenvalue weighted by Crippen LogP contribution is -2.36. The van der Waals surface area contributed by atoms with E-state index in [9.17, 15) is 13.6 Å². The lowest BCUT2D eigenvalue weighted by Gasteiger charge is -2.27. The summed E-state index contributed by atoms with van der Waals surface area (Å²) in [5.74, 6) is -1.03. The second-order valence-electron chi connectivity index (χ2n) is 7.20. The minimum absolute atomic E-state index is 0.159. The highest BCUT2D eigenvalue weighted by atomic mass is 19.2. The van der Waals surface area contributed by atoms with E-state index in [4.69, 9.17) is 4.52 Å². The molecule has 29 heavy (non-hydrogen) atoms. The molecule has 9 heteroatoms. The molecule has 0 saturated heterocycles. The van der Waals surface area contributed by atoms with Crippen LogP contribution in [0.4, 0.5) is 8.78 Å². The smallest absolute Gasteiger partial charge is 0.276 e. The molecule has 1 aliphatic heterocycles. The zero-order chi connectivity index (χ0) is 20.1. The van der Waals surface area contributed by atoms with Crippen molar-refractivity contribution < 1.29 is 13.3 Å². The quantitative estimate of drug-likeness (QED) is 0.575. The Labute approximate surface area is 163 Å². The Hall–Kier alpha value is -3.33. The van der Waals surface area contributed by atoms with E-state index in [0.29, 0.717) is 53.6 Å². The van der Waals surface area contributed by atoms with E-state index in [1.165, 1.54) is 10.6 Å². The average Bonchev–Trinajstić information content (AvgIpc) is 3.32. The van der Waals surface area contributed by atoms with E-state index < -0.39 is 11.6 Å². The van der Waals surface area contributed by atoms with Gasteiger partial charge in [0.1, 0.15) is 11.5 Å². The van der Waals surface area contributed by atoms with Crippen LogP contribution in [0, 0.1) is 18.6 Å². The molecular formula is C20H17F2N5O2. The predicted octanol–water partition coefficient (Wildman–Crippen LogP) is 2.82. The average molecular weight is 397 g/mol. The lowest BCUT2D eigenvalue weighted by atomic mass is 10.1. The number of nitrogens with zero attached hydrogens (tertiary/aromatic N) is 4. The number of aryl methyl sites for hydroxylation is 1. The fourth-order valence-electron chi connectivity index (χ4n) is 3.72. The first-order valence-electron chi connectivity index (χ1n) is 9.22. The molecule has 0 spiro atoms. The van der Waals surface area contributed by atoms with Crippen LogP contribution in [0.2, 0.25) is 0 Å². The summed E-state index contributed by atoms with van der Waals surface area (Å²) in [6.07, 6.45) is 0.485. The van der Waals surface area contributed by atoms with Gasteiger partial charge in [-0.3, -0.25) is 14.8 Å². The first kappa shape index (κ1) is 17.7. The molecule has 0 radical (unpaired) electrons. The summed E-state index contributed by atoms with van der Waals surface area (Å²) in [5, 5.41) is 6.98. The van der Waals surface area contributed by atoms with Crippen molar-refractivity contribution in [1.29, 1.82) is 0 Å². The summed E-state index contributed by atoms with van der Waals surface area (Å²) >= 11 is 0. The molecule has 4 aromatic rings. The molecule has 0 atom stereocenters. The van der Waals surface area contributed by atoms with E-state index in [2.05, 4.69) is 15.2 Å². The Morgan fingerprint density at radius 1 is 1.28 bits per heavy atom. The maximum Gasteiger partial charge on any atom is 0.276 e. The minimum atomic E-state index is -0.860. The number of H-pyrrole nitrogens is 1. The Balaban J connectivity index is 1.48. The van der Waals surface area contributed by atoms with E-state index in [1.807, 2.05) is 4.90 Å². The third-order valence-corrected chi connectivity index (χ3v) is 5.17. The van der Waals surface area contributed by atoms with E-state index in [-0.39, 0.29) is 17.7 Å². The topological polar surface area (TPSA) is 79.4 Å². The molecule has 0 aliphatic carbocycles. The third kappa shape index (κ3) is 3.03. The van der Waals surface area contributed by atoms with Crippen LogP contribution in [0.3, 0.4) is 0 Å². The monoisotopic (exact) mass is 397 g/mol. The number of rotatable bonds is 3. The number of halogens is 2. The van der Waals surface area contributed by atoms with E-state index in [0.717, 1.165) is 6.07 Å². The van der Waals surface area contributed by atoms with Gasteiger partial charge in [-0.2, -0.15) is 0 Å². The number of nitrogens with one attached hydrogen (secondary N) is 1. The molecule has 0 bridgehead atoms. The standard InChI is InChI=1S/C20H17F2N5O2/c1-11-7-16(25-29-11)15-8-18-23-17-10-26(6-5-13(17)20(28)27(18)24-15)9-12-3-2-4-14(21)19(12)22/h2-4,7-8,24H,5-6,9-10H2,1H3. The fraction of sp³-hybridized carbons (Fsp3) is 0.250. The summed E-state index contributed by atoms with van der Waals surface area (Å²) in [4.78, 5) is 19.5. The minimum Gasteiger partial charge on any atom is -0.361 e. The molecule has 4 heterocycles. The van der Waals surface area contributed by atoms with Crippen LogP contribution in [0.25, 0.3) is 17.0 Å². The van der Waals surface area contributed by atoms with Crippen LogP contribution in [-0.2, 0) is 19.5 Å². The number of benzene rings is 1. The normalized spacial score (nSPS) is 14.4. The Bertz CT molecular complexity index is 1290. The van der Waals surface area contributed by atoms with E-state index in [1.54, 1.807) is 25.1 Å². The number of fused-ring (bicyclic) bond motifs is 2. The highest BCUT2D eigenvalue weighted by Crippen LogP contribution is 2.22. The molecule has 5 rings (SSSR count). The third-order valence-electron chi connectivity index (χ3n) is 5.17. The van der Waals surface area contributed by atoms with Crippen LogP contribution in [0.15, 0.2) is 39.6 Å². The summed E-state index contributed by atoms with van der Waals surface area (Å²) in [6, 6.07) is 7.67. The summed E-state index contributed by atoms with van der Waals surface area (Å²) in [6.45, 7) is 2.99. The van der Waals surface area contributed by atoms with Gasteiger partial charge in [0.15, 0.2) is 17.3 Å². The molecule has 0 saturated carbocycles. The largest absolute Gasteiger partial charge is 0.361 e. The van der Waals surface area contributed by atoms with Crippen molar-refractivity contribution in [2.45, 2.75) is 26.4 Å². The summed E-state index contributed by atoms with van der Waals surface area (Å²) in [5.41, 5.74) is 3.11. The predicted molar refractivity (Wildman–Crippen MR) is 100 cm³/mol. The fourth-order valence-corrected chi connectivity index (χ4v) is 3.72. The zero-order valence-electron chi connectivity index (χ0n) is 15.6. The van der Waals surface area contributed by atoms with Gasteiger partial charge in [0, 0.05) is 42.9 Å². The van der Waals surface area contributed by atoms with Crippen molar-refractivity contribution in [2.24, 2.45) is 0 Å². The molecule has 1 N–H and O–H groups in total. The highest BCUT2D eigenvalue weighted by Gasteiger charge is 2.24. The molecule has 7 nitrogen and oxygen atoms in total. The first-order chi connectivity index (χ1) is 14.0. The first-order valence-corrected chi connectivity index (χ1v) is 9.22. The van der Waals surface area contributed by atoms with E-state index >= 15 is 0 Å². The Morgan fingerprint density at radius 2 is 2.14 bits per heavy atom. The van der Waals surface area contributed by atoms with Crippen molar-refractivity contribution in [3.05, 3.63) is 74.9 Å². The van der Waals surface area contributed by atoms with Gasteiger partial charge in [0.2, 0.25) is 0 Å². The highest BCUT2D eigenvalue weighted by molar-refractivity contribution is 5.60. The second kappa shape index (κ2) is 6.63. The van der Waals surface area contributed by atoms with Crippen molar-refractivity contribution in [3.8, 4) is 11.4 Å². The van der Waals surface area contributed by atoms with Crippen molar-refractivity contribution in [3.63, 3.8) is 0 Å². The number of hydrogen-bond acceptors (Lipinski definition) is 5. The maximum atomic E-state index is 14.0. The molecule has 1 aliphatic rings. The number of aromatic nitrogens is 4. The molecule has 0 amide bonds. The van der Waals surface area contributed by atoms with Crippen LogP contribution >= 0.6 is 0 Å². The molecule has 3 aromatic heterocycles. The molecular weight excluding hydrogens is 380 g/mol. The van der Waals surface area contributed by atoms with Crippen molar-refractivity contribution in [2.75, 3.05) is 6.54 Å². The molecule has 0 fully saturated rings. The SMILES string of the molecule is Cc1cc(-c2cc3nc4c(c(=O)n3[nH]2)CCN(Cc2cccc(F)c2F)C4)no1. The van der Waals surface area contributed by atoms with Crippen LogP contribution < -0.4 is 5.56 Å². The van der Waals surface area contributed by atoms with Gasteiger partial charge in [-0.1, -0.05) is 17.3 Å². The van der Waals surface area contributed by atoms with Gasteiger partial charge in [-0.15, -0.1) is 0 Å². The molecule has 148 valence electrons. The van der Waals surface area contributed by atoms with Gasteiger partial charge in [-0.25, -0.2) is 18.3 Å². The van der Waals surface area contributed by atoms with Gasteiger partial charge >= 0.3 is 0 Å². The van der Waals surface area contributed by atoms with Gasteiger partial charge in [0.25, 0.3) is 5.56 Å². The molecule has 0 unspecified atom stereocenters.